The van der Waals surface area contributed by atoms with Crippen molar-refractivity contribution in [2.24, 2.45) is 0 Å². The van der Waals surface area contributed by atoms with Crippen molar-refractivity contribution >= 4 is 6.03 Å². The van der Waals surface area contributed by atoms with Crippen LogP contribution in [0.3, 0.4) is 0 Å². The minimum Gasteiger partial charge on any atom is -0.335 e. The van der Waals surface area contributed by atoms with Crippen LogP contribution in [0.5, 0.6) is 0 Å². The van der Waals surface area contributed by atoms with Crippen LogP contribution in [0.1, 0.15) is 44.9 Å². The number of amides is 2. The monoisotopic (exact) mass is 251 g/mol. The molecule has 0 radical (unpaired) electrons. The van der Waals surface area contributed by atoms with E-state index >= 15 is 0 Å². The number of nitrogens with one attached hydrogen (secondary N) is 1. The van der Waals surface area contributed by atoms with Crippen molar-refractivity contribution in [1.29, 1.82) is 0 Å². The summed E-state index contributed by atoms with van der Waals surface area (Å²) in [5, 5.41) is 3.09. The molecular weight excluding hydrogens is 226 g/mol. The van der Waals surface area contributed by atoms with E-state index in [0.717, 1.165) is 32.0 Å². The van der Waals surface area contributed by atoms with Crippen LogP contribution in [0.4, 0.5) is 4.79 Å². The van der Waals surface area contributed by atoms with Crippen molar-refractivity contribution in [1.82, 2.24) is 15.1 Å². The largest absolute Gasteiger partial charge is 0.335 e. The van der Waals surface area contributed by atoms with Gasteiger partial charge in [0.15, 0.2) is 0 Å². The Morgan fingerprint density at radius 3 is 2.17 bits per heavy atom. The van der Waals surface area contributed by atoms with Gasteiger partial charge in [-0.05, 0) is 51.6 Å². The molecule has 1 aliphatic carbocycles. The van der Waals surface area contributed by atoms with Crippen molar-refractivity contribution in [2.45, 2.75) is 57.0 Å². The Morgan fingerprint density at radius 1 is 0.889 bits per heavy atom. The predicted molar refractivity (Wildman–Crippen MR) is 71.6 cm³/mol. The molecule has 0 spiro atoms. The Morgan fingerprint density at radius 2 is 1.56 bits per heavy atom. The molecule has 3 rings (SSSR count). The second kappa shape index (κ2) is 5.47. The molecule has 1 saturated carbocycles. The van der Waals surface area contributed by atoms with E-state index < -0.39 is 0 Å². The van der Waals surface area contributed by atoms with Crippen LogP contribution in [-0.2, 0) is 0 Å². The van der Waals surface area contributed by atoms with Gasteiger partial charge in [0.1, 0.15) is 0 Å². The van der Waals surface area contributed by atoms with Crippen molar-refractivity contribution in [3.8, 4) is 0 Å². The lowest BCUT2D eigenvalue weighted by Crippen LogP contribution is -2.50. The third-order valence-corrected chi connectivity index (χ3v) is 4.56. The standard InChI is InChI=1S/C14H25N3O/c18-14(15-12-4-5-12)17-10-6-13(7-11-17)16-8-2-1-3-9-16/h12-13H,1-11H2,(H,15,18). The first-order valence-corrected chi connectivity index (χ1v) is 7.62. The minimum absolute atomic E-state index is 0.176. The first-order valence-electron chi connectivity index (χ1n) is 7.62. The zero-order chi connectivity index (χ0) is 12.4. The molecule has 0 unspecified atom stereocenters. The maximum absolute atomic E-state index is 11.9. The molecule has 0 aromatic rings. The average Bonchev–Trinajstić information content (AvgIpc) is 3.24. The number of piperidine rings is 2. The fourth-order valence-electron chi connectivity index (χ4n) is 3.21. The van der Waals surface area contributed by atoms with Gasteiger partial charge in [0.2, 0.25) is 0 Å². The lowest BCUT2D eigenvalue weighted by atomic mass is 10.0. The van der Waals surface area contributed by atoms with Gasteiger partial charge in [0.05, 0.1) is 0 Å². The summed E-state index contributed by atoms with van der Waals surface area (Å²) >= 11 is 0. The van der Waals surface area contributed by atoms with Gasteiger partial charge in [-0.25, -0.2) is 4.79 Å². The van der Waals surface area contributed by atoms with Gasteiger partial charge in [0, 0.05) is 25.2 Å². The number of hydrogen-bond acceptors (Lipinski definition) is 2. The fraction of sp³-hybridized carbons (Fsp3) is 0.929. The van der Waals surface area contributed by atoms with Gasteiger partial charge in [-0.2, -0.15) is 0 Å². The molecule has 4 heteroatoms. The zero-order valence-electron chi connectivity index (χ0n) is 11.2. The number of nitrogens with zero attached hydrogens (tertiary/aromatic N) is 2. The number of hydrogen-bond donors (Lipinski definition) is 1. The van der Waals surface area contributed by atoms with Gasteiger partial charge in [-0.1, -0.05) is 6.42 Å². The minimum atomic E-state index is 0.176. The summed E-state index contributed by atoms with van der Waals surface area (Å²) in [4.78, 5) is 16.6. The first kappa shape index (κ1) is 12.3. The molecule has 0 atom stereocenters. The lowest BCUT2D eigenvalue weighted by molar-refractivity contribution is 0.101. The number of urea groups is 1. The van der Waals surface area contributed by atoms with Gasteiger partial charge < -0.3 is 15.1 Å². The molecule has 1 N–H and O–H groups in total. The number of carbonyl (C=O) groups is 1. The van der Waals surface area contributed by atoms with E-state index in [2.05, 4.69) is 10.2 Å². The molecule has 2 heterocycles. The first-order chi connectivity index (χ1) is 8.83. The van der Waals surface area contributed by atoms with E-state index in [4.69, 9.17) is 0 Å². The van der Waals surface area contributed by atoms with Crippen molar-refractivity contribution in [2.75, 3.05) is 26.2 Å². The van der Waals surface area contributed by atoms with Gasteiger partial charge in [0.25, 0.3) is 0 Å². The third-order valence-electron chi connectivity index (χ3n) is 4.56. The topological polar surface area (TPSA) is 35.6 Å². The quantitative estimate of drug-likeness (QED) is 0.812. The molecule has 3 aliphatic rings. The molecule has 4 nitrogen and oxygen atoms in total. The highest BCUT2D eigenvalue weighted by molar-refractivity contribution is 5.74. The molecule has 0 aromatic heterocycles. The maximum Gasteiger partial charge on any atom is 0.317 e. The molecule has 2 aliphatic heterocycles. The normalized spacial score (nSPS) is 27.2. The number of carbonyl (C=O) groups excluding carboxylic acids is 1. The second-order valence-corrected chi connectivity index (χ2v) is 6.04. The molecule has 3 fully saturated rings. The Bertz CT molecular complexity index is 289. The van der Waals surface area contributed by atoms with Crippen LogP contribution < -0.4 is 5.32 Å². The summed E-state index contributed by atoms with van der Waals surface area (Å²) in [6.07, 6.45) is 8.81. The summed E-state index contributed by atoms with van der Waals surface area (Å²) in [5.41, 5.74) is 0. The van der Waals surface area contributed by atoms with Crippen molar-refractivity contribution in [3.63, 3.8) is 0 Å². The van der Waals surface area contributed by atoms with Gasteiger partial charge in [-0.3, -0.25) is 0 Å². The Hall–Kier alpha value is -0.770. The summed E-state index contributed by atoms with van der Waals surface area (Å²) in [6.45, 7) is 4.44. The van der Waals surface area contributed by atoms with E-state index in [-0.39, 0.29) is 6.03 Å². The molecular formula is C14H25N3O. The average molecular weight is 251 g/mol. The molecule has 2 amide bonds. The number of likely N-dealkylation sites (tertiary alicyclic amines) is 2. The molecule has 2 saturated heterocycles. The van der Waals surface area contributed by atoms with Crippen LogP contribution in [0, 0.1) is 0 Å². The maximum atomic E-state index is 11.9. The van der Waals surface area contributed by atoms with E-state index in [1.807, 2.05) is 4.90 Å². The fourth-order valence-corrected chi connectivity index (χ4v) is 3.21. The van der Waals surface area contributed by atoms with Crippen LogP contribution in [0.2, 0.25) is 0 Å². The Kier molecular flexibility index (Phi) is 3.73. The zero-order valence-corrected chi connectivity index (χ0v) is 11.2. The summed E-state index contributed by atoms with van der Waals surface area (Å²) in [6, 6.07) is 1.39. The van der Waals surface area contributed by atoms with Crippen LogP contribution in [-0.4, -0.2) is 54.1 Å². The van der Waals surface area contributed by atoms with Gasteiger partial charge >= 0.3 is 6.03 Å². The highest BCUT2D eigenvalue weighted by atomic mass is 16.2. The summed E-state index contributed by atoms with van der Waals surface area (Å²) < 4.78 is 0. The van der Waals surface area contributed by atoms with E-state index in [0.29, 0.717) is 6.04 Å². The Labute approximate surface area is 110 Å². The van der Waals surface area contributed by atoms with Crippen LogP contribution in [0.25, 0.3) is 0 Å². The molecule has 102 valence electrons. The smallest absolute Gasteiger partial charge is 0.317 e. The van der Waals surface area contributed by atoms with Crippen molar-refractivity contribution < 1.29 is 4.79 Å². The van der Waals surface area contributed by atoms with Crippen LogP contribution in [0.15, 0.2) is 0 Å². The highest BCUT2D eigenvalue weighted by Gasteiger charge is 2.30. The summed E-state index contributed by atoms with van der Waals surface area (Å²) in [5.74, 6) is 0. The van der Waals surface area contributed by atoms with E-state index in [1.165, 1.54) is 45.2 Å². The van der Waals surface area contributed by atoms with E-state index in [1.54, 1.807) is 0 Å². The van der Waals surface area contributed by atoms with Crippen molar-refractivity contribution in [3.05, 3.63) is 0 Å². The highest BCUT2D eigenvalue weighted by Crippen LogP contribution is 2.22. The molecule has 0 bridgehead atoms. The van der Waals surface area contributed by atoms with E-state index in [9.17, 15) is 4.79 Å². The SMILES string of the molecule is O=C(NC1CC1)N1CCC(N2CCCCC2)CC1. The predicted octanol–water partition coefficient (Wildman–Crippen LogP) is 1.81. The Balaban J connectivity index is 1.43. The molecule has 18 heavy (non-hydrogen) atoms. The molecule has 0 aromatic carbocycles. The third kappa shape index (κ3) is 2.97. The second-order valence-electron chi connectivity index (χ2n) is 6.04. The van der Waals surface area contributed by atoms with Crippen LogP contribution >= 0.6 is 0 Å². The summed E-state index contributed by atoms with van der Waals surface area (Å²) in [7, 11) is 0. The number of rotatable bonds is 2. The lowest BCUT2D eigenvalue weighted by Gasteiger charge is -2.40. The van der Waals surface area contributed by atoms with Gasteiger partial charge in [-0.15, -0.1) is 0 Å².